The lowest BCUT2D eigenvalue weighted by Gasteiger charge is -2.23. The number of fused-ring (bicyclic) bond motifs is 1. The molecule has 8 heteroatoms. The number of aromatic nitrogens is 1. The summed E-state index contributed by atoms with van der Waals surface area (Å²) in [5, 5.41) is 0. The first-order valence-electron chi connectivity index (χ1n) is 9.27. The van der Waals surface area contributed by atoms with Gasteiger partial charge in [0.15, 0.2) is 0 Å². The van der Waals surface area contributed by atoms with Crippen LogP contribution in [0.1, 0.15) is 25.2 Å². The molecular weight excluding hydrogens is 390 g/mol. The normalized spacial score (nSPS) is 15.9. The van der Waals surface area contributed by atoms with Crippen LogP contribution in [0.2, 0.25) is 0 Å². The van der Waals surface area contributed by atoms with Gasteiger partial charge in [-0.05, 0) is 61.4 Å². The number of carbonyl (C=O) groups excluding carboxylic acids is 1. The SMILES string of the molecule is CC(=O)N1c2ccc(S(=O)(=O)N(Cc3ccco3)c3ccccn3)cc2CC1C. The topological polar surface area (TPSA) is 83.7 Å². The van der Waals surface area contributed by atoms with E-state index in [1.807, 2.05) is 6.92 Å². The van der Waals surface area contributed by atoms with Gasteiger partial charge in [0.2, 0.25) is 5.91 Å². The van der Waals surface area contributed by atoms with E-state index in [1.54, 1.807) is 59.6 Å². The Bertz CT molecular complexity index is 1130. The van der Waals surface area contributed by atoms with Crippen molar-refractivity contribution in [2.24, 2.45) is 0 Å². The fraction of sp³-hybridized carbons (Fsp3) is 0.238. The summed E-state index contributed by atoms with van der Waals surface area (Å²) in [6, 6.07) is 13.4. The zero-order valence-corrected chi connectivity index (χ0v) is 17.0. The molecule has 7 nitrogen and oxygen atoms in total. The van der Waals surface area contributed by atoms with E-state index in [0.29, 0.717) is 18.0 Å². The van der Waals surface area contributed by atoms with Crippen molar-refractivity contribution in [2.45, 2.75) is 37.8 Å². The van der Waals surface area contributed by atoms with Gasteiger partial charge in [0, 0.05) is 24.8 Å². The van der Waals surface area contributed by atoms with Crippen molar-refractivity contribution < 1.29 is 17.6 Å². The smallest absolute Gasteiger partial charge is 0.265 e. The number of hydrogen-bond acceptors (Lipinski definition) is 5. The second-order valence-corrected chi connectivity index (χ2v) is 8.87. The van der Waals surface area contributed by atoms with E-state index in [2.05, 4.69) is 4.98 Å². The van der Waals surface area contributed by atoms with Gasteiger partial charge < -0.3 is 9.32 Å². The molecule has 0 saturated heterocycles. The molecule has 0 N–H and O–H groups in total. The van der Waals surface area contributed by atoms with Crippen molar-refractivity contribution in [1.29, 1.82) is 0 Å². The van der Waals surface area contributed by atoms with E-state index in [4.69, 9.17) is 4.42 Å². The van der Waals surface area contributed by atoms with Gasteiger partial charge in [-0.15, -0.1) is 0 Å². The molecule has 150 valence electrons. The molecule has 0 saturated carbocycles. The largest absolute Gasteiger partial charge is 0.467 e. The van der Waals surface area contributed by atoms with Gasteiger partial charge in [-0.3, -0.25) is 4.79 Å². The lowest BCUT2D eigenvalue weighted by molar-refractivity contribution is -0.116. The Morgan fingerprint density at radius 3 is 2.72 bits per heavy atom. The second-order valence-electron chi connectivity index (χ2n) is 7.01. The Hall–Kier alpha value is -3.13. The van der Waals surface area contributed by atoms with Gasteiger partial charge in [0.05, 0.1) is 17.7 Å². The third-order valence-corrected chi connectivity index (χ3v) is 6.72. The molecule has 3 aromatic rings. The molecule has 29 heavy (non-hydrogen) atoms. The first kappa shape index (κ1) is 19.2. The van der Waals surface area contributed by atoms with Gasteiger partial charge in [-0.25, -0.2) is 17.7 Å². The maximum atomic E-state index is 13.5. The number of hydrogen-bond donors (Lipinski definition) is 0. The van der Waals surface area contributed by atoms with E-state index in [1.165, 1.54) is 17.5 Å². The minimum absolute atomic E-state index is 0.00420. The summed E-state index contributed by atoms with van der Waals surface area (Å²) in [7, 11) is -3.90. The van der Waals surface area contributed by atoms with Gasteiger partial charge in [-0.1, -0.05) is 6.07 Å². The summed E-state index contributed by atoms with van der Waals surface area (Å²) in [4.78, 5) is 18.0. The quantitative estimate of drug-likeness (QED) is 0.643. The predicted octanol–water partition coefficient (Wildman–Crippen LogP) is 3.37. The number of amides is 1. The lowest BCUT2D eigenvalue weighted by atomic mass is 10.1. The van der Waals surface area contributed by atoms with Crippen LogP contribution in [0.3, 0.4) is 0 Å². The van der Waals surface area contributed by atoms with E-state index in [-0.39, 0.29) is 23.4 Å². The molecule has 3 heterocycles. The molecule has 1 atom stereocenters. The molecule has 0 aliphatic carbocycles. The van der Waals surface area contributed by atoms with Crippen LogP contribution in [0.25, 0.3) is 0 Å². The summed E-state index contributed by atoms with van der Waals surface area (Å²) in [6.07, 6.45) is 3.67. The summed E-state index contributed by atoms with van der Waals surface area (Å²) in [5.74, 6) is 0.764. The summed E-state index contributed by atoms with van der Waals surface area (Å²) in [5.41, 5.74) is 1.60. The molecule has 1 amide bonds. The van der Waals surface area contributed by atoms with Crippen LogP contribution in [0.5, 0.6) is 0 Å². The zero-order valence-electron chi connectivity index (χ0n) is 16.1. The number of anilines is 2. The first-order chi connectivity index (χ1) is 13.9. The van der Waals surface area contributed by atoms with E-state index in [9.17, 15) is 13.2 Å². The number of nitrogens with zero attached hydrogens (tertiary/aromatic N) is 3. The second kappa shape index (κ2) is 7.36. The minimum atomic E-state index is -3.90. The molecular formula is C21H21N3O4S. The average molecular weight is 411 g/mol. The predicted molar refractivity (Wildman–Crippen MR) is 109 cm³/mol. The highest BCUT2D eigenvalue weighted by Gasteiger charge is 2.32. The van der Waals surface area contributed by atoms with E-state index < -0.39 is 10.0 Å². The van der Waals surface area contributed by atoms with Gasteiger partial charge in [0.25, 0.3) is 10.0 Å². The van der Waals surface area contributed by atoms with Gasteiger partial charge in [0.1, 0.15) is 11.6 Å². The Morgan fingerprint density at radius 1 is 1.24 bits per heavy atom. The maximum Gasteiger partial charge on any atom is 0.265 e. The van der Waals surface area contributed by atoms with Crippen molar-refractivity contribution in [3.05, 3.63) is 72.3 Å². The van der Waals surface area contributed by atoms with Crippen LogP contribution >= 0.6 is 0 Å². The van der Waals surface area contributed by atoms with Crippen LogP contribution < -0.4 is 9.21 Å². The van der Waals surface area contributed by atoms with Crippen molar-refractivity contribution in [3.63, 3.8) is 0 Å². The average Bonchev–Trinajstić information content (AvgIpc) is 3.32. The van der Waals surface area contributed by atoms with Crippen molar-refractivity contribution >= 4 is 27.4 Å². The number of sulfonamides is 1. The molecule has 1 aliphatic heterocycles. The molecule has 2 aromatic heterocycles. The summed E-state index contributed by atoms with van der Waals surface area (Å²) >= 11 is 0. The van der Waals surface area contributed by atoms with Gasteiger partial charge >= 0.3 is 0 Å². The summed E-state index contributed by atoms with van der Waals surface area (Å²) < 4.78 is 33.6. The van der Waals surface area contributed by atoms with Gasteiger partial charge in [-0.2, -0.15) is 0 Å². The molecule has 4 rings (SSSR count). The van der Waals surface area contributed by atoms with Crippen LogP contribution in [0, 0.1) is 0 Å². The Kier molecular flexibility index (Phi) is 4.87. The molecule has 0 radical (unpaired) electrons. The molecule has 0 spiro atoms. The molecule has 0 fully saturated rings. The molecule has 1 aliphatic rings. The van der Waals surface area contributed by atoms with Crippen molar-refractivity contribution in [1.82, 2.24) is 4.98 Å². The molecule has 1 aromatic carbocycles. The van der Waals surface area contributed by atoms with Crippen molar-refractivity contribution in [3.8, 4) is 0 Å². The van der Waals surface area contributed by atoms with E-state index in [0.717, 1.165) is 11.3 Å². The number of rotatable bonds is 5. The first-order valence-corrected chi connectivity index (χ1v) is 10.7. The van der Waals surface area contributed by atoms with Crippen LogP contribution in [-0.4, -0.2) is 25.4 Å². The number of pyridine rings is 1. The zero-order chi connectivity index (χ0) is 20.6. The lowest BCUT2D eigenvalue weighted by Crippen LogP contribution is -2.33. The Morgan fingerprint density at radius 2 is 2.07 bits per heavy atom. The Balaban J connectivity index is 1.76. The fourth-order valence-corrected chi connectivity index (χ4v) is 5.15. The minimum Gasteiger partial charge on any atom is -0.467 e. The third kappa shape index (κ3) is 3.51. The molecule has 0 bridgehead atoms. The van der Waals surface area contributed by atoms with Crippen LogP contribution in [0.15, 0.2) is 70.3 Å². The standard InChI is InChI=1S/C21H21N3O4S/c1-15-12-17-13-19(8-9-20(17)24(15)16(2)25)29(26,27)23(14-18-6-5-11-28-18)21-7-3-4-10-22-21/h3-11,13,15H,12,14H2,1-2H3. The highest BCUT2D eigenvalue weighted by molar-refractivity contribution is 7.92. The fourth-order valence-electron chi connectivity index (χ4n) is 3.71. The number of carbonyl (C=O) groups is 1. The number of benzene rings is 1. The monoisotopic (exact) mass is 411 g/mol. The maximum absolute atomic E-state index is 13.5. The Labute approximate surface area is 169 Å². The van der Waals surface area contributed by atoms with Crippen LogP contribution in [0.4, 0.5) is 11.5 Å². The molecule has 1 unspecified atom stereocenters. The number of furan rings is 1. The third-order valence-electron chi connectivity index (χ3n) is 4.98. The highest BCUT2D eigenvalue weighted by Crippen LogP contribution is 2.35. The summed E-state index contributed by atoms with van der Waals surface area (Å²) in [6.45, 7) is 3.49. The van der Waals surface area contributed by atoms with Crippen molar-refractivity contribution in [2.75, 3.05) is 9.21 Å². The van der Waals surface area contributed by atoms with Crippen LogP contribution in [-0.2, 0) is 27.8 Å². The highest BCUT2D eigenvalue weighted by atomic mass is 32.2. The van der Waals surface area contributed by atoms with E-state index >= 15 is 0 Å².